The van der Waals surface area contributed by atoms with Crippen LogP contribution < -0.4 is 0 Å². The van der Waals surface area contributed by atoms with Gasteiger partial charge in [-0.1, -0.05) is 0 Å². The molecule has 1 N–H and O–H groups in total. The lowest BCUT2D eigenvalue weighted by Crippen LogP contribution is -2.51. The molecule has 0 aromatic heterocycles. The normalized spacial score (nSPS) is 27.7. The highest BCUT2D eigenvalue weighted by atomic mass is 16.6. The fourth-order valence-electron chi connectivity index (χ4n) is 3.40. The van der Waals surface area contributed by atoms with E-state index in [2.05, 4.69) is 4.90 Å². The molecule has 0 bridgehead atoms. The fourth-order valence-corrected chi connectivity index (χ4v) is 3.40. The van der Waals surface area contributed by atoms with E-state index in [1.165, 1.54) is 25.7 Å². The van der Waals surface area contributed by atoms with Crippen molar-refractivity contribution in [1.82, 2.24) is 9.80 Å². The van der Waals surface area contributed by atoms with Crippen LogP contribution >= 0.6 is 0 Å². The number of aliphatic hydroxyl groups excluding tert-OH is 1. The standard InChI is InChI=1S/C17H32N2O3/c1-17(2,3)22-16(21)19-10-8-18(9-11-19)12-14-4-6-15(13-20)7-5-14/h14-15,20H,4-13H2,1-3H3/t14-,15-. The molecule has 1 aliphatic carbocycles. The van der Waals surface area contributed by atoms with Crippen LogP contribution in [0.3, 0.4) is 0 Å². The topological polar surface area (TPSA) is 53.0 Å². The maximum absolute atomic E-state index is 12.0. The minimum Gasteiger partial charge on any atom is -0.444 e. The largest absolute Gasteiger partial charge is 0.444 e. The van der Waals surface area contributed by atoms with Gasteiger partial charge in [0.25, 0.3) is 0 Å². The SMILES string of the molecule is CC(C)(C)OC(=O)N1CCN(C[C@H]2CC[C@H](CO)CC2)CC1. The first-order valence-electron chi connectivity index (χ1n) is 8.68. The molecule has 5 heteroatoms. The number of hydrogen-bond acceptors (Lipinski definition) is 4. The van der Waals surface area contributed by atoms with Gasteiger partial charge in [-0.05, 0) is 58.3 Å². The smallest absolute Gasteiger partial charge is 0.410 e. The van der Waals surface area contributed by atoms with E-state index in [0.717, 1.165) is 38.6 Å². The van der Waals surface area contributed by atoms with Gasteiger partial charge < -0.3 is 14.7 Å². The molecular weight excluding hydrogens is 280 g/mol. The number of amides is 1. The van der Waals surface area contributed by atoms with Gasteiger partial charge >= 0.3 is 6.09 Å². The van der Waals surface area contributed by atoms with Crippen LogP contribution in [0.2, 0.25) is 0 Å². The van der Waals surface area contributed by atoms with E-state index < -0.39 is 5.60 Å². The quantitative estimate of drug-likeness (QED) is 0.869. The first kappa shape index (κ1) is 17.5. The first-order valence-corrected chi connectivity index (χ1v) is 8.68. The minimum absolute atomic E-state index is 0.185. The average molecular weight is 312 g/mol. The molecule has 1 saturated carbocycles. The summed E-state index contributed by atoms with van der Waals surface area (Å²) in [6.45, 7) is 10.6. The van der Waals surface area contributed by atoms with Gasteiger partial charge in [-0.15, -0.1) is 0 Å². The second-order valence-electron chi connectivity index (χ2n) is 7.84. The summed E-state index contributed by atoms with van der Waals surface area (Å²) in [6, 6.07) is 0. The van der Waals surface area contributed by atoms with Crippen molar-refractivity contribution in [2.24, 2.45) is 11.8 Å². The summed E-state index contributed by atoms with van der Waals surface area (Å²) >= 11 is 0. The third kappa shape index (κ3) is 5.43. The molecule has 128 valence electrons. The lowest BCUT2D eigenvalue weighted by Gasteiger charge is -2.38. The molecular formula is C17H32N2O3. The summed E-state index contributed by atoms with van der Waals surface area (Å²) in [5, 5.41) is 9.20. The average Bonchev–Trinajstić information content (AvgIpc) is 2.47. The van der Waals surface area contributed by atoms with E-state index in [1.807, 2.05) is 25.7 Å². The highest BCUT2D eigenvalue weighted by molar-refractivity contribution is 5.68. The Morgan fingerprint density at radius 2 is 1.59 bits per heavy atom. The van der Waals surface area contributed by atoms with Crippen LogP contribution in [0.1, 0.15) is 46.5 Å². The van der Waals surface area contributed by atoms with Crippen molar-refractivity contribution in [3.63, 3.8) is 0 Å². The lowest BCUT2D eigenvalue weighted by atomic mass is 9.82. The second-order valence-corrected chi connectivity index (χ2v) is 7.84. The Hall–Kier alpha value is -0.810. The van der Waals surface area contributed by atoms with Crippen LogP contribution in [0.4, 0.5) is 4.79 Å². The number of rotatable bonds is 3. The molecule has 0 spiro atoms. The molecule has 2 rings (SSSR count). The summed E-state index contributed by atoms with van der Waals surface area (Å²) in [6.07, 6.45) is 4.61. The Labute approximate surface area is 134 Å². The van der Waals surface area contributed by atoms with Crippen LogP contribution in [0.5, 0.6) is 0 Å². The molecule has 0 aromatic rings. The Morgan fingerprint density at radius 3 is 2.09 bits per heavy atom. The molecule has 2 fully saturated rings. The van der Waals surface area contributed by atoms with Crippen LogP contribution in [0, 0.1) is 11.8 Å². The number of aliphatic hydroxyl groups is 1. The van der Waals surface area contributed by atoms with E-state index in [9.17, 15) is 9.90 Å². The Balaban J connectivity index is 1.68. The number of carbonyl (C=O) groups excluding carboxylic acids is 1. The molecule has 0 atom stereocenters. The van der Waals surface area contributed by atoms with Gasteiger partial charge in [0.1, 0.15) is 5.60 Å². The molecule has 1 amide bonds. The Morgan fingerprint density at radius 1 is 1.05 bits per heavy atom. The lowest BCUT2D eigenvalue weighted by molar-refractivity contribution is 0.0124. The molecule has 1 aliphatic heterocycles. The van der Waals surface area contributed by atoms with Crippen molar-refractivity contribution in [2.75, 3.05) is 39.3 Å². The summed E-state index contributed by atoms with van der Waals surface area (Å²) in [5.41, 5.74) is -0.417. The third-order valence-electron chi connectivity index (χ3n) is 4.76. The Kier molecular flexibility index (Phi) is 6.09. The van der Waals surface area contributed by atoms with Gasteiger partial charge in [0.05, 0.1) is 0 Å². The van der Waals surface area contributed by atoms with Crippen molar-refractivity contribution in [2.45, 2.75) is 52.1 Å². The van der Waals surface area contributed by atoms with E-state index in [4.69, 9.17) is 4.74 Å². The second kappa shape index (κ2) is 7.64. The monoisotopic (exact) mass is 312 g/mol. The zero-order valence-electron chi connectivity index (χ0n) is 14.4. The fraction of sp³-hybridized carbons (Fsp3) is 0.941. The van der Waals surface area contributed by atoms with E-state index in [1.54, 1.807) is 0 Å². The van der Waals surface area contributed by atoms with E-state index >= 15 is 0 Å². The van der Waals surface area contributed by atoms with Gasteiger partial charge in [-0.2, -0.15) is 0 Å². The van der Waals surface area contributed by atoms with Crippen molar-refractivity contribution in [1.29, 1.82) is 0 Å². The number of nitrogens with zero attached hydrogens (tertiary/aromatic N) is 2. The van der Waals surface area contributed by atoms with Gasteiger partial charge in [0.15, 0.2) is 0 Å². The molecule has 2 aliphatic rings. The highest BCUT2D eigenvalue weighted by Gasteiger charge is 2.28. The van der Waals surface area contributed by atoms with E-state index in [-0.39, 0.29) is 6.09 Å². The van der Waals surface area contributed by atoms with Gasteiger partial charge in [0, 0.05) is 39.3 Å². The number of carbonyl (C=O) groups is 1. The van der Waals surface area contributed by atoms with E-state index in [0.29, 0.717) is 12.5 Å². The molecule has 1 saturated heterocycles. The number of hydrogen-bond donors (Lipinski definition) is 1. The molecule has 22 heavy (non-hydrogen) atoms. The number of piperazine rings is 1. The van der Waals surface area contributed by atoms with Crippen LogP contribution in [0.25, 0.3) is 0 Å². The predicted octanol–water partition coefficient (Wildman–Crippen LogP) is 2.34. The van der Waals surface area contributed by atoms with Crippen molar-refractivity contribution < 1.29 is 14.6 Å². The zero-order valence-corrected chi connectivity index (χ0v) is 14.4. The maximum atomic E-state index is 12.0. The first-order chi connectivity index (χ1) is 10.4. The van der Waals surface area contributed by atoms with Gasteiger partial charge in [0.2, 0.25) is 0 Å². The van der Waals surface area contributed by atoms with Crippen LogP contribution in [-0.2, 0) is 4.74 Å². The highest BCUT2D eigenvalue weighted by Crippen LogP contribution is 2.29. The molecule has 0 radical (unpaired) electrons. The minimum atomic E-state index is -0.417. The third-order valence-corrected chi connectivity index (χ3v) is 4.76. The van der Waals surface area contributed by atoms with Crippen LogP contribution in [0.15, 0.2) is 0 Å². The summed E-state index contributed by atoms with van der Waals surface area (Å²) in [5.74, 6) is 1.29. The van der Waals surface area contributed by atoms with Crippen molar-refractivity contribution in [3.8, 4) is 0 Å². The summed E-state index contributed by atoms with van der Waals surface area (Å²) in [4.78, 5) is 16.3. The van der Waals surface area contributed by atoms with Crippen LogP contribution in [-0.4, -0.2) is 65.9 Å². The zero-order chi connectivity index (χ0) is 16.2. The Bertz CT molecular complexity index is 351. The predicted molar refractivity (Wildman–Crippen MR) is 86.8 cm³/mol. The number of ether oxygens (including phenoxy) is 1. The molecule has 0 unspecified atom stereocenters. The molecule has 5 nitrogen and oxygen atoms in total. The summed E-state index contributed by atoms with van der Waals surface area (Å²) in [7, 11) is 0. The molecule has 1 heterocycles. The van der Waals surface area contributed by atoms with Gasteiger partial charge in [-0.25, -0.2) is 4.79 Å². The maximum Gasteiger partial charge on any atom is 0.410 e. The van der Waals surface area contributed by atoms with Crippen molar-refractivity contribution in [3.05, 3.63) is 0 Å². The molecule has 0 aromatic carbocycles. The van der Waals surface area contributed by atoms with Gasteiger partial charge in [-0.3, -0.25) is 4.90 Å². The summed E-state index contributed by atoms with van der Waals surface area (Å²) < 4.78 is 5.43. The van der Waals surface area contributed by atoms with Crippen molar-refractivity contribution >= 4 is 6.09 Å².